The Morgan fingerprint density at radius 2 is 1.57 bits per heavy atom. The number of ether oxygens (including phenoxy) is 3. The molecule has 1 saturated heterocycles. The van der Waals surface area contributed by atoms with E-state index in [2.05, 4.69) is 17.4 Å². The standard InChI is InChI=1S/C21H25NO4S2/c1-24-17-7-9-18(10-8-17)25-12-11-22-20(23)15-26-19-5-3-16(4-6-19)21-27-13-2-14-28-21/h3-10,21H,2,11-15H2,1H3,(H,22,23). The highest BCUT2D eigenvalue weighted by Crippen LogP contribution is 2.43. The van der Waals surface area contributed by atoms with Gasteiger partial charge in [-0.05, 0) is 59.9 Å². The van der Waals surface area contributed by atoms with E-state index in [1.807, 2.05) is 59.9 Å². The molecule has 1 N–H and O–H groups in total. The second kappa shape index (κ2) is 11.1. The van der Waals surface area contributed by atoms with Crippen molar-refractivity contribution >= 4 is 29.4 Å². The van der Waals surface area contributed by atoms with Crippen molar-refractivity contribution in [2.75, 3.05) is 38.4 Å². The van der Waals surface area contributed by atoms with Crippen LogP contribution in [0.25, 0.3) is 0 Å². The first kappa shape index (κ1) is 20.7. The number of thioether (sulfide) groups is 2. The van der Waals surface area contributed by atoms with Crippen molar-refractivity contribution in [1.82, 2.24) is 5.32 Å². The first-order chi connectivity index (χ1) is 13.7. The number of hydrogen-bond acceptors (Lipinski definition) is 6. The molecule has 5 nitrogen and oxygen atoms in total. The molecule has 0 bridgehead atoms. The van der Waals surface area contributed by atoms with Crippen LogP contribution in [0.15, 0.2) is 48.5 Å². The highest BCUT2D eigenvalue weighted by molar-refractivity contribution is 8.16. The lowest BCUT2D eigenvalue weighted by Gasteiger charge is -2.21. The second-order valence-corrected chi connectivity index (χ2v) is 8.88. The van der Waals surface area contributed by atoms with Crippen molar-refractivity contribution in [1.29, 1.82) is 0 Å². The first-order valence-electron chi connectivity index (χ1n) is 9.24. The summed E-state index contributed by atoms with van der Waals surface area (Å²) < 4.78 is 16.8. The Bertz CT molecular complexity index is 731. The summed E-state index contributed by atoms with van der Waals surface area (Å²) in [4.78, 5) is 11.9. The molecule has 0 saturated carbocycles. The number of amides is 1. The van der Waals surface area contributed by atoms with Crippen molar-refractivity contribution < 1.29 is 19.0 Å². The molecule has 0 atom stereocenters. The zero-order chi connectivity index (χ0) is 19.6. The van der Waals surface area contributed by atoms with Gasteiger partial charge in [0.15, 0.2) is 6.61 Å². The Morgan fingerprint density at radius 3 is 2.25 bits per heavy atom. The fourth-order valence-corrected chi connectivity index (χ4v) is 5.53. The maximum Gasteiger partial charge on any atom is 0.258 e. The smallest absolute Gasteiger partial charge is 0.258 e. The molecule has 150 valence electrons. The van der Waals surface area contributed by atoms with Gasteiger partial charge in [-0.1, -0.05) is 12.1 Å². The Hall–Kier alpha value is -1.99. The molecule has 1 aliphatic rings. The molecule has 1 heterocycles. The largest absolute Gasteiger partial charge is 0.497 e. The zero-order valence-corrected chi connectivity index (χ0v) is 17.5. The minimum Gasteiger partial charge on any atom is -0.497 e. The van der Waals surface area contributed by atoms with Crippen LogP contribution in [-0.4, -0.2) is 44.3 Å². The van der Waals surface area contributed by atoms with E-state index >= 15 is 0 Å². The summed E-state index contributed by atoms with van der Waals surface area (Å²) >= 11 is 3.98. The molecule has 1 fully saturated rings. The van der Waals surface area contributed by atoms with E-state index < -0.39 is 0 Å². The Balaban J connectivity index is 1.32. The lowest BCUT2D eigenvalue weighted by atomic mass is 10.2. The molecule has 0 unspecified atom stereocenters. The fraction of sp³-hybridized carbons (Fsp3) is 0.381. The molecule has 0 aliphatic carbocycles. The van der Waals surface area contributed by atoms with Crippen LogP contribution in [0, 0.1) is 0 Å². The van der Waals surface area contributed by atoms with Crippen LogP contribution in [0.5, 0.6) is 17.2 Å². The number of methoxy groups -OCH3 is 1. The van der Waals surface area contributed by atoms with Gasteiger partial charge < -0.3 is 19.5 Å². The first-order valence-corrected chi connectivity index (χ1v) is 11.3. The van der Waals surface area contributed by atoms with Crippen LogP contribution >= 0.6 is 23.5 Å². The van der Waals surface area contributed by atoms with Crippen molar-refractivity contribution in [3.63, 3.8) is 0 Å². The number of carbonyl (C=O) groups is 1. The minimum absolute atomic E-state index is 0.00515. The van der Waals surface area contributed by atoms with Crippen molar-refractivity contribution in [2.45, 2.75) is 11.0 Å². The lowest BCUT2D eigenvalue weighted by Crippen LogP contribution is -2.32. The lowest BCUT2D eigenvalue weighted by molar-refractivity contribution is -0.123. The van der Waals surface area contributed by atoms with Crippen LogP contribution in [0.1, 0.15) is 16.6 Å². The average Bonchev–Trinajstić information content (AvgIpc) is 2.76. The Morgan fingerprint density at radius 1 is 0.964 bits per heavy atom. The van der Waals surface area contributed by atoms with Crippen molar-refractivity contribution in [3.05, 3.63) is 54.1 Å². The van der Waals surface area contributed by atoms with Gasteiger partial charge in [0.05, 0.1) is 18.2 Å². The monoisotopic (exact) mass is 419 g/mol. The summed E-state index contributed by atoms with van der Waals surface area (Å²) in [6, 6.07) is 15.4. The highest BCUT2D eigenvalue weighted by atomic mass is 32.2. The van der Waals surface area contributed by atoms with Gasteiger partial charge in [-0.15, -0.1) is 23.5 Å². The molecule has 0 spiro atoms. The molecule has 1 aliphatic heterocycles. The van der Waals surface area contributed by atoms with Gasteiger partial charge in [0.2, 0.25) is 0 Å². The van der Waals surface area contributed by atoms with Gasteiger partial charge in [-0.25, -0.2) is 0 Å². The number of nitrogens with one attached hydrogen (secondary N) is 1. The van der Waals surface area contributed by atoms with E-state index in [0.29, 0.717) is 23.5 Å². The normalized spacial score (nSPS) is 14.3. The second-order valence-electron chi connectivity index (χ2n) is 6.16. The van der Waals surface area contributed by atoms with Gasteiger partial charge >= 0.3 is 0 Å². The number of benzene rings is 2. The van der Waals surface area contributed by atoms with Crippen LogP contribution in [0.2, 0.25) is 0 Å². The molecule has 2 aromatic carbocycles. The van der Waals surface area contributed by atoms with Crippen molar-refractivity contribution in [2.24, 2.45) is 0 Å². The van der Waals surface area contributed by atoms with E-state index in [-0.39, 0.29) is 12.5 Å². The number of rotatable bonds is 9. The van der Waals surface area contributed by atoms with Gasteiger partial charge in [-0.3, -0.25) is 4.79 Å². The summed E-state index contributed by atoms with van der Waals surface area (Å²) in [6.45, 7) is 0.807. The predicted octanol–water partition coefficient (Wildman–Crippen LogP) is 4.14. The maximum absolute atomic E-state index is 11.9. The van der Waals surface area contributed by atoms with Gasteiger partial charge in [0, 0.05) is 0 Å². The minimum atomic E-state index is -0.166. The molecule has 2 aromatic rings. The molecular weight excluding hydrogens is 394 g/mol. The number of hydrogen-bond donors (Lipinski definition) is 1. The molecule has 0 radical (unpaired) electrons. The third kappa shape index (κ3) is 6.56. The van der Waals surface area contributed by atoms with Crippen LogP contribution in [-0.2, 0) is 4.79 Å². The summed E-state index contributed by atoms with van der Waals surface area (Å²) in [5.41, 5.74) is 1.31. The van der Waals surface area contributed by atoms with Crippen LogP contribution in [0.3, 0.4) is 0 Å². The summed E-state index contributed by atoms with van der Waals surface area (Å²) in [5.74, 6) is 4.50. The van der Waals surface area contributed by atoms with E-state index in [0.717, 1.165) is 11.5 Å². The maximum atomic E-state index is 11.9. The summed E-state index contributed by atoms with van der Waals surface area (Å²) in [6.07, 6.45) is 1.28. The van der Waals surface area contributed by atoms with E-state index in [1.54, 1.807) is 7.11 Å². The van der Waals surface area contributed by atoms with E-state index in [4.69, 9.17) is 14.2 Å². The fourth-order valence-electron chi connectivity index (χ4n) is 2.63. The van der Waals surface area contributed by atoms with Gasteiger partial charge in [0.1, 0.15) is 23.9 Å². The molecule has 7 heteroatoms. The van der Waals surface area contributed by atoms with Gasteiger partial charge in [-0.2, -0.15) is 0 Å². The average molecular weight is 420 g/mol. The van der Waals surface area contributed by atoms with E-state index in [1.165, 1.54) is 23.5 Å². The van der Waals surface area contributed by atoms with Gasteiger partial charge in [0.25, 0.3) is 5.91 Å². The third-order valence-electron chi connectivity index (χ3n) is 4.10. The van der Waals surface area contributed by atoms with Crippen molar-refractivity contribution in [3.8, 4) is 17.2 Å². The van der Waals surface area contributed by atoms with Crippen LogP contribution in [0.4, 0.5) is 0 Å². The summed E-state index contributed by atoms with van der Waals surface area (Å²) in [5, 5.41) is 2.79. The molecular formula is C21H25NO4S2. The molecule has 3 rings (SSSR count). The predicted molar refractivity (Wildman–Crippen MR) is 116 cm³/mol. The molecule has 1 amide bonds. The highest BCUT2D eigenvalue weighted by Gasteiger charge is 2.16. The Labute approximate surface area is 174 Å². The third-order valence-corrected chi connectivity index (χ3v) is 7.12. The Kier molecular flexibility index (Phi) is 8.23. The van der Waals surface area contributed by atoms with Crippen LogP contribution < -0.4 is 19.5 Å². The molecule has 0 aromatic heterocycles. The zero-order valence-electron chi connectivity index (χ0n) is 15.9. The quantitative estimate of drug-likeness (QED) is 0.617. The summed E-state index contributed by atoms with van der Waals surface area (Å²) in [7, 11) is 1.62. The topological polar surface area (TPSA) is 56.8 Å². The molecule has 28 heavy (non-hydrogen) atoms. The number of carbonyl (C=O) groups excluding carboxylic acids is 1. The van der Waals surface area contributed by atoms with E-state index in [9.17, 15) is 4.79 Å². The SMILES string of the molecule is COc1ccc(OCCNC(=O)COc2ccc(C3SCCCS3)cc2)cc1.